The number of hydrogen-bond donors (Lipinski definition) is 1. The topological polar surface area (TPSA) is 94.7 Å². The standard InChI is InChI=1S/C31H37N5O5/c1-31(2,3)22-8-6-21(7-9-22)28-27-23(33(4)30(39)32-28)17-36(29(27)38)18-26(37)35-13-11-34(12-14-35)16-20-5-10-24-25(15-20)41-19-40-24/h5-10,15,28H,11-14,16-19H2,1-4H3,(H,32,39). The van der Waals surface area contributed by atoms with E-state index in [-0.39, 0.29) is 43.1 Å². The molecule has 1 unspecified atom stereocenters. The molecule has 1 fully saturated rings. The van der Waals surface area contributed by atoms with E-state index in [0.717, 1.165) is 42.3 Å². The molecular weight excluding hydrogens is 522 g/mol. The van der Waals surface area contributed by atoms with Crippen molar-refractivity contribution in [3.8, 4) is 11.5 Å². The SMILES string of the molecule is CN1C(=O)NC(c2ccc(C(C)(C)C)cc2)C2=C1CN(CC(=O)N1CCN(Cc3ccc4c(c3)OCO4)CC1)C2=O. The second kappa shape index (κ2) is 10.4. The smallest absolute Gasteiger partial charge is 0.322 e. The van der Waals surface area contributed by atoms with Gasteiger partial charge in [-0.05, 0) is 34.2 Å². The number of rotatable bonds is 5. The van der Waals surface area contributed by atoms with Crippen molar-refractivity contribution >= 4 is 17.8 Å². The zero-order valence-electron chi connectivity index (χ0n) is 24.1. The van der Waals surface area contributed by atoms with E-state index < -0.39 is 6.04 Å². The van der Waals surface area contributed by atoms with E-state index in [1.165, 1.54) is 10.5 Å². The molecule has 4 aliphatic heterocycles. The van der Waals surface area contributed by atoms with Gasteiger partial charge in [0.1, 0.15) is 6.54 Å². The van der Waals surface area contributed by atoms with Gasteiger partial charge in [0.25, 0.3) is 5.91 Å². The number of urea groups is 1. The fourth-order valence-electron chi connectivity index (χ4n) is 5.89. The summed E-state index contributed by atoms with van der Waals surface area (Å²) in [5.41, 5.74) is 4.37. The summed E-state index contributed by atoms with van der Waals surface area (Å²) in [5, 5.41) is 2.98. The summed E-state index contributed by atoms with van der Waals surface area (Å²) in [5.74, 6) is 1.27. The summed E-state index contributed by atoms with van der Waals surface area (Å²) in [6.45, 7) is 10.4. The Morgan fingerprint density at radius 2 is 1.68 bits per heavy atom. The Kier molecular flexibility index (Phi) is 6.89. The maximum atomic E-state index is 13.6. The first kappa shape index (κ1) is 27.1. The van der Waals surface area contributed by atoms with Gasteiger partial charge in [-0.25, -0.2) is 4.79 Å². The lowest BCUT2D eigenvalue weighted by Crippen LogP contribution is -2.51. The number of fused-ring (bicyclic) bond motifs is 1. The second-order valence-corrected chi connectivity index (χ2v) is 12.2. The molecule has 2 aromatic rings. The van der Waals surface area contributed by atoms with Crippen molar-refractivity contribution in [1.29, 1.82) is 0 Å². The van der Waals surface area contributed by atoms with E-state index in [0.29, 0.717) is 24.4 Å². The third kappa shape index (κ3) is 5.24. The van der Waals surface area contributed by atoms with E-state index in [4.69, 9.17) is 9.47 Å². The van der Waals surface area contributed by atoms with Gasteiger partial charge in [0.15, 0.2) is 11.5 Å². The first-order valence-electron chi connectivity index (χ1n) is 14.1. The predicted molar refractivity (Wildman–Crippen MR) is 152 cm³/mol. The van der Waals surface area contributed by atoms with Gasteiger partial charge < -0.3 is 24.6 Å². The van der Waals surface area contributed by atoms with Gasteiger partial charge >= 0.3 is 6.03 Å². The Morgan fingerprint density at radius 1 is 0.976 bits per heavy atom. The average Bonchev–Trinajstić information content (AvgIpc) is 3.55. The molecule has 41 heavy (non-hydrogen) atoms. The van der Waals surface area contributed by atoms with Crippen molar-refractivity contribution < 1.29 is 23.9 Å². The maximum Gasteiger partial charge on any atom is 0.322 e. The number of piperazine rings is 1. The number of benzene rings is 2. The summed E-state index contributed by atoms with van der Waals surface area (Å²) in [6, 6.07) is 13.2. The monoisotopic (exact) mass is 559 g/mol. The van der Waals surface area contributed by atoms with Gasteiger partial charge in [-0.3, -0.25) is 19.4 Å². The van der Waals surface area contributed by atoms with E-state index >= 15 is 0 Å². The third-order valence-corrected chi connectivity index (χ3v) is 8.44. The van der Waals surface area contributed by atoms with Crippen molar-refractivity contribution in [3.05, 3.63) is 70.4 Å². The highest BCUT2D eigenvalue weighted by Gasteiger charge is 2.43. The van der Waals surface area contributed by atoms with Crippen LogP contribution in [0.4, 0.5) is 4.79 Å². The molecule has 0 bridgehead atoms. The van der Waals surface area contributed by atoms with Crippen LogP contribution in [0.15, 0.2) is 53.7 Å². The highest BCUT2D eigenvalue weighted by atomic mass is 16.7. The zero-order valence-corrected chi connectivity index (χ0v) is 24.1. The summed E-state index contributed by atoms with van der Waals surface area (Å²) in [6.07, 6.45) is 0. The molecule has 4 aliphatic rings. The predicted octanol–water partition coefficient (Wildman–Crippen LogP) is 2.85. The molecule has 10 heteroatoms. The minimum atomic E-state index is -0.546. The van der Waals surface area contributed by atoms with Crippen molar-refractivity contribution in [3.63, 3.8) is 0 Å². The summed E-state index contributed by atoms with van der Waals surface area (Å²) < 4.78 is 10.9. The van der Waals surface area contributed by atoms with Gasteiger partial charge in [0.2, 0.25) is 12.7 Å². The van der Waals surface area contributed by atoms with Crippen molar-refractivity contribution in [2.75, 3.05) is 53.1 Å². The maximum absolute atomic E-state index is 13.6. The van der Waals surface area contributed by atoms with Crippen molar-refractivity contribution in [2.45, 2.75) is 38.8 Å². The van der Waals surface area contributed by atoms with Gasteiger partial charge in [0, 0.05) is 39.8 Å². The molecule has 4 heterocycles. The molecule has 216 valence electrons. The Labute approximate surface area is 240 Å². The first-order valence-corrected chi connectivity index (χ1v) is 14.1. The van der Waals surface area contributed by atoms with Gasteiger partial charge in [-0.2, -0.15) is 0 Å². The molecule has 1 atom stereocenters. The van der Waals surface area contributed by atoms with Crippen molar-refractivity contribution in [1.82, 2.24) is 24.9 Å². The van der Waals surface area contributed by atoms with Crippen LogP contribution in [0.5, 0.6) is 11.5 Å². The number of amides is 4. The van der Waals surface area contributed by atoms with Crippen LogP contribution in [0.3, 0.4) is 0 Å². The van der Waals surface area contributed by atoms with Crippen molar-refractivity contribution in [2.24, 2.45) is 0 Å². The highest BCUT2D eigenvalue weighted by molar-refractivity contribution is 6.03. The molecule has 2 aromatic carbocycles. The van der Waals surface area contributed by atoms with E-state index in [1.54, 1.807) is 11.9 Å². The lowest BCUT2D eigenvalue weighted by molar-refractivity contribution is -0.139. The largest absolute Gasteiger partial charge is 0.454 e. The van der Waals surface area contributed by atoms with Gasteiger partial charge in [-0.1, -0.05) is 51.1 Å². The number of carbonyl (C=O) groups is 3. The van der Waals surface area contributed by atoms with Crippen LogP contribution in [0.2, 0.25) is 0 Å². The van der Waals surface area contributed by atoms with Crippen LogP contribution in [-0.4, -0.2) is 90.6 Å². The second-order valence-electron chi connectivity index (χ2n) is 12.2. The molecule has 0 saturated carbocycles. The molecule has 4 amide bonds. The number of nitrogens with one attached hydrogen (secondary N) is 1. The average molecular weight is 560 g/mol. The number of likely N-dealkylation sites (N-methyl/N-ethyl adjacent to an activating group) is 1. The van der Waals surface area contributed by atoms with Gasteiger partial charge in [0.05, 0.1) is 23.9 Å². The summed E-state index contributed by atoms with van der Waals surface area (Å²) >= 11 is 0. The van der Waals surface area contributed by atoms with Crippen LogP contribution in [-0.2, 0) is 21.5 Å². The Balaban J connectivity index is 1.08. The first-order chi connectivity index (χ1) is 19.6. The molecule has 6 rings (SSSR count). The molecule has 0 spiro atoms. The fourth-order valence-corrected chi connectivity index (χ4v) is 5.89. The molecule has 1 saturated heterocycles. The lowest BCUT2D eigenvalue weighted by atomic mass is 9.85. The minimum Gasteiger partial charge on any atom is -0.454 e. The van der Waals surface area contributed by atoms with Crippen LogP contribution in [0, 0.1) is 0 Å². The lowest BCUT2D eigenvalue weighted by Gasteiger charge is -2.35. The number of ether oxygens (including phenoxy) is 2. The zero-order chi connectivity index (χ0) is 28.9. The molecule has 10 nitrogen and oxygen atoms in total. The van der Waals surface area contributed by atoms with Gasteiger partial charge in [-0.15, -0.1) is 0 Å². The molecule has 0 aliphatic carbocycles. The Bertz CT molecular complexity index is 1400. The van der Waals surface area contributed by atoms with Crippen LogP contribution in [0.25, 0.3) is 0 Å². The quantitative estimate of drug-likeness (QED) is 0.606. The Hall–Kier alpha value is -4.05. The molecular formula is C31H37N5O5. The fraction of sp³-hybridized carbons (Fsp3) is 0.452. The normalized spacial score (nSPS) is 21.0. The van der Waals surface area contributed by atoms with Crippen LogP contribution in [0.1, 0.15) is 43.5 Å². The third-order valence-electron chi connectivity index (χ3n) is 8.44. The molecule has 0 radical (unpaired) electrons. The summed E-state index contributed by atoms with van der Waals surface area (Å²) in [7, 11) is 1.67. The number of carbonyl (C=O) groups excluding carboxylic acids is 3. The minimum absolute atomic E-state index is 0.00323. The highest BCUT2D eigenvalue weighted by Crippen LogP contribution is 2.36. The molecule has 1 N–H and O–H groups in total. The number of hydrogen-bond acceptors (Lipinski definition) is 6. The summed E-state index contributed by atoms with van der Waals surface area (Å²) in [4.78, 5) is 46.9. The number of nitrogens with zero attached hydrogens (tertiary/aromatic N) is 4. The molecule has 0 aromatic heterocycles. The van der Waals surface area contributed by atoms with Crippen LogP contribution >= 0.6 is 0 Å². The van der Waals surface area contributed by atoms with E-state index in [9.17, 15) is 14.4 Å². The van der Waals surface area contributed by atoms with E-state index in [1.807, 2.05) is 47.4 Å². The Morgan fingerprint density at radius 3 is 2.39 bits per heavy atom. The van der Waals surface area contributed by atoms with Crippen LogP contribution < -0.4 is 14.8 Å². The van der Waals surface area contributed by atoms with E-state index in [2.05, 4.69) is 31.0 Å².